The number of rotatable bonds is 10. The van der Waals surface area contributed by atoms with Gasteiger partial charge in [0, 0.05) is 19.6 Å². The first-order valence-corrected chi connectivity index (χ1v) is 6.93. The monoisotopic (exact) mass is 274 g/mol. The molecular formula is C13H26N2O4. The first kappa shape index (κ1) is 17.7. The van der Waals surface area contributed by atoms with E-state index >= 15 is 0 Å². The predicted molar refractivity (Wildman–Crippen MR) is 73.0 cm³/mol. The molecule has 0 spiro atoms. The maximum Gasteiger partial charge on any atom is 0.326 e. The van der Waals surface area contributed by atoms with Gasteiger partial charge in [-0.25, -0.2) is 9.59 Å². The number of unbranched alkanes of at least 4 members (excludes halogenated alkanes) is 1. The van der Waals surface area contributed by atoms with Gasteiger partial charge >= 0.3 is 12.0 Å². The molecule has 0 aliphatic rings. The largest absolute Gasteiger partial charge is 0.480 e. The van der Waals surface area contributed by atoms with Crippen LogP contribution in [0, 0.1) is 5.92 Å². The van der Waals surface area contributed by atoms with Gasteiger partial charge in [0.15, 0.2) is 0 Å². The number of carbonyl (C=O) groups excluding carboxylic acids is 1. The van der Waals surface area contributed by atoms with Crippen LogP contribution in [0.25, 0.3) is 0 Å². The first-order valence-electron chi connectivity index (χ1n) is 6.93. The summed E-state index contributed by atoms with van der Waals surface area (Å²) in [6.07, 6.45) is 4.31. The molecule has 0 saturated heterocycles. The molecule has 0 radical (unpaired) electrons. The second-order valence-electron chi connectivity index (χ2n) is 4.67. The molecule has 0 aromatic rings. The van der Waals surface area contributed by atoms with Gasteiger partial charge in [0.2, 0.25) is 0 Å². The maximum absolute atomic E-state index is 11.6. The molecule has 4 N–H and O–H groups in total. The fraction of sp³-hybridized carbons (Fsp3) is 0.846. The smallest absolute Gasteiger partial charge is 0.326 e. The molecule has 0 heterocycles. The van der Waals surface area contributed by atoms with Crippen LogP contribution in [-0.4, -0.2) is 41.4 Å². The maximum atomic E-state index is 11.6. The summed E-state index contributed by atoms with van der Waals surface area (Å²) in [5, 5.41) is 22.6. The second-order valence-corrected chi connectivity index (χ2v) is 4.67. The Morgan fingerprint density at radius 1 is 1.21 bits per heavy atom. The minimum Gasteiger partial charge on any atom is -0.480 e. The van der Waals surface area contributed by atoms with Crippen molar-refractivity contribution >= 4 is 12.0 Å². The molecule has 0 aliphatic heterocycles. The Morgan fingerprint density at radius 3 is 2.37 bits per heavy atom. The van der Waals surface area contributed by atoms with E-state index in [1.807, 2.05) is 0 Å². The number of carboxylic acid groups (broad SMARTS) is 1. The number of hydrogen-bond donors (Lipinski definition) is 4. The third-order valence-electron chi connectivity index (χ3n) is 3.12. The Kier molecular flexibility index (Phi) is 9.88. The molecule has 0 aliphatic carbocycles. The van der Waals surface area contributed by atoms with Gasteiger partial charge in [-0.2, -0.15) is 0 Å². The van der Waals surface area contributed by atoms with Crippen molar-refractivity contribution in [2.45, 2.75) is 52.0 Å². The summed E-state index contributed by atoms with van der Waals surface area (Å²) >= 11 is 0. The van der Waals surface area contributed by atoms with Crippen molar-refractivity contribution in [2.24, 2.45) is 5.92 Å². The third-order valence-corrected chi connectivity index (χ3v) is 3.12. The summed E-state index contributed by atoms with van der Waals surface area (Å²) in [5.41, 5.74) is 0. The number of carboxylic acids is 1. The van der Waals surface area contributed by atoms with E-state index in [0.29, 0.717) is 12.5 Å². The molecule has 0 rings (SSSR count). The fourth-order valence-electron chi connectivity index (χ4n) is 1.78. The Labute approximate surface area is 114 Å². The highest BCUT2D eigenvalue weighted by Crippen LogP contribution is 2.11. The minimum absolute atomic E-state index is 0.00972. The van der Waals surface area contributed by atoms with Gasteiger partial charge in [-0.3, -0.25) is 0 Å². The standard InChI is InChI=1S/C13H26N2O4/c1-3-5-6-10(4-2)9-14-13(19)15-11(7-8-16)12(17)18/h10-11,16H,3-9H2,1-2H3,(H,17,18)(H2,14,15,19)/t10?,11-/m1/s1. The molecule has 2 atom stereocenters. The van der Waals surface area contributed by atoms with Crippen molar-refractivity contribution < 1.29 is 19.8 Å². The van der Waals surface area contributed by atoms with Gasteiger partial charge in [-0.1, -0.05) is 33.1 Å². The number of urea groups is 1. The van der Waals surface area contributed by atoms with E-state index < -0.39 is 18.0 Å². The molecular weight excluding hydrogens is 248 g/mol. The van der Waals surface area contributed by atoms with Gasteiger partial charge < -0.3 is 20.8 Å². The van der Waals surface area contributed by atoms with Crippen molar-refractivity contribution in [3.8, 4) is 0 Å². The van der Waals surface area contributed by atoms with Crippen LogP contribution in [0.4, 0.5) is 4.79 Å². The van der Waals surface area contributed by atoms with E-state index in [0.717, 1.165) is 25.7 Å². The molecule has 0 saturated carbocycles. The highest BCUT2D eigenvalue weighted by molar-refractivity contribution is 5.82. The normalized spacial score (nSPS) is 13.6. The number of hydrogen-bond acceptors (Lipinski definition) is 3. The van der Waals surface area contributed by atoms with Crippen LogP contribution >= 0.6 is 0 Å². The van der Waals surface area contributed by atoms with Gasteiger partial charge in [-0.05, 0) is 12.3 Å². The van der Waals surface area contributed by atoms with Crippen molar-refractivity contribution in [3.05, 3.63) is 0 Å². The molecule has 6 heteroatoms. The van der Waals surface area contributed by atoms with Crippen LogP contribution in [0.5, 0.6) is 0 Å². The van der Waals surface area contributed by atoms with Crippen LogP contribution in [-0.2, 0) is 4.79 Å². The van der Waals surface area contributed by atoms with Crippen LogP contribution in [0.2, 0.25) is 0 Å². The molecule has 0 aromatic heterocycles. The van der Waals surface area contributed by atoms with Crippen LogP contribution in [0.3, 0.4) is 0 Å². The number of amides is 2. The summed E-state index contributed by atoms with van der Waals surface area (Å²) in [6.45, 7) is 4.48. The Balaban J connectivity index is 4.04. The lowest BCUT2D eigenvalue weighted by Crippen LogP contribution is -2.47. The number of nitrogens with one attached hydrogen (secondary N) is 2. The molecule has 2 amide bonds. The van der Waals surface area contributed by atoms with E-state index in [2.05, 4.69) is 24.5 Å². The zero-order valence-corrected chi connectivity index (χ0v) is 11.8. The van der Waals surface area contributed by atoms with E-state index in [1.54, 1.807) is 0 Å². The number of aliphatic hydroxyl groups is 1. The molecule has 1 unspecified atom stereocenters. The molecule has 0 aromatic carbocycles. The highest BCUT2D eigenvalue weighted by Gasteiger charge is 2.19. The molecule has 6 nitrogen and oxygen atoms in total. The summed E-state index contributed by atoms with van der Waals surface area (Å²) in [7, 11) is 0. The van der Waals surface area contributed by atoms with Crippen LogP contribution in [0.1, 0.15) is 46.0 Å². The Morgan fingerprint density at radius 2 is 1.89 bits per heavy atom. The highest BCUT2D eigenvalue weighted by atomic mass is 16.4. The first-order chi connectivity index (χ1) is 9.04. The summed E-state index contributed by atoms with van der Waals surface area (Å²) in [6, 6.07) is -1.53. The summed E-state index contributed by atoms with van der Waals surface area (Å²) < 4.78 is 0. The van der Waals surface area contributed by atoms with Crippen LogP contribution in [0.15, 0.2) is 0 Å². The Bertz CT molecular complexity index is 271. The lowest BCUT2D eigenvalue weighted by molar-refractivity contribution is -0.139. The Hall–Kier alpha value is -1.30. The fourth-order valence-corrected chi connectivity index (χ4v) is 1.78. The minimum atomic E-state index is -1.14. The zero-order valence-electron chi connectivity index (χ0n) is 11.8. The quantitative estimate of drug-likeness (QED) is 0.483. The average Bonchev–Trinajstić information content (AvgIpc) is 2.38. The van der Waals surface area contributed by atoms with Crippen molar-refractivity contribution in [3.63, 3.8) is 0 Å². The van der Waals surface area contributed by atoms with Crippen molar-refractivity contribution in [2.75, 3.05) is 13.2 Å². The van der Waals surface area contributed by atoms with E-state index in [-0.39, 0.29) is 13.0 Å². The van der Waals surface area contributed by atoms with Gasteiger partial charge in [0.25, 0.3) is 0 Å². The van der Waals surface area contributed by atoms with Crippen molar-refractivity contribution in [1.29, 1.82) is 0 Å². The van der Waals surface area contributed by atoms with Gasteiger partial charge in [0.05, 0.1) is 0 Å². The third kappa shape index (κ3) is 8.42. The van der Waals surface area contributed by atoms with Gasteiger partial charge in [0.1, 0.15) is 6.04 Å². The lowest BCUT2D eigenvalue weighted by Gasteiger charge is -2.18. The predicted octanol–water partition coefficient (Wildman–Crippen LogP) is 1.34. The SMILES string of the molecule is CCCCC(CC)CNC(=O)N[C@H](CCO)C(=O)O. The number of aliphatic hydroxyl groups excluding tert-OH is 1. The topological polar surface area (TPSA) is 98.7 Å². The molecule has 0 fully saturated rings. The van der Waals surface area contributed by atoms with E-state index in [9.17, 15) is 9.59 Å². The number of carbonyl (C=O) groups is 2. The molecule has 112 valence electrons. The van der Waals surface area contributed by atoms with Gasteiger partial charge in [-0.15, -0.1) is 0 Å². The second kappa shape index (κ2) is 10.6. The molecule has 0 bridgehead atoms. The average molecular weight is 274 g/mol. The van der Waals surface area contributed by atoms with Crippen molar-refractivity contribution in [1.82, 2.24) is 10.6 Å². The van der Waals surface area contributed by atoms with Crippen LogP contribution < -0.4 is 10.6 Å². The molecule has 19 heavy (non-hydrogen) atoms. The van der Waals surface area contributed by atoms with E-state index in [4.69, 9.17) is 10.2 Å². The lowest BCUT2D eigenvalue weighted by atomic mass is 9.99. The summed E-state index contributed by atoms with van der Waals surface area (Å²) in [5.74, 6) is -0.714. The number of aliphatic carboxylic acids is 1. The van der Waals surface area contributed by atoms with E-state index in [1.165, 1.54) is 0 Å². The summed E-state index contributed by atoms with van der Waals surface area (Å²) in [4.78, 5) is 22.4. The zero-order chi connectivity index (χ0) is 14.7.